The van der Waals surface area contributed by atoms with Crippen LogP contribution in [0.2, 0.25) is 0 Å². The van der Waals surface area contributed by atoms with E-state index in [1.165, 1.54) is 24.9 Å². The number of carbonyl (C=O) groups is 2. The number of fused-ring (bicyclic) bond motifs is 1. The zero-order valence-electron chi connectivity index (χ0n) is 25.1. The largest absolute Gasteiger partial charge is 0.490 e. The van der Waals surface area contributed by atoms with Crippen LogP contribution < -0.4 is 20.2 Å². The van der Waals surface area contributed by atoms with E-state index in [9.17, 15) is 19.7 Å². The SMILES string of the molecule is COc1cc(N2CCC3(CC2)CCN(C2CN(c4ccc5c(c4)C(=O)N(C4CCONO4)C5=O)C2)CC3)c(C)cc1[N+](=O)[O-]. The molecule has 5 aliphatic rings. The number of methoxy groups -OCH3 is 1. The Morgan fingerprint density at radius 3 is 2.34 bits per heavy atom. The van der Waals surface area contributed by atoms with Gasteiger partial charge in [0.1, 0.15) is 0 Å². The molecule has 2 amide bonds. The van der Waals surface area contributed by atoms with Crippen molar-refractivity contribution in [2.75, 3.05) is 62.8 Å². The number of anilines is 2. The Bertz CT molecular complexity index is 1470. The molecule has 4 saturated heterocycles. The molecule has 4 fully saturated rings. The van der Waals surface area contributed by atoms with Crippen LogP contribution in [0, 0.1) is 22.5 Å². The fourth-order valence-corrected chi connectivity index (χ4v) is 7.53. The standard InChI is InChI=1S/C31H38N6O7/c1-20-15-26(37(40)41)27(42-2)17-25(20)34-12-8-31(9-13-34)6-10-33(11-7-31)22-18-35(19-22)21-3-4-23-24(16-21)30(39)36(29(23)38)28-5-14-43-32-44-28/h3-4,15-17,22,28,32H,5-14,18-19H2,1-2H3. The van der Waals surface area contributed by atoms with Crippen molar-refractivity contribution >= 4 is 28.9 Å². The van der Waals surface area contributed by atoms with Crippen LogP contribution in [-0.4, -0.2) is 91.8 Å². The summed E-state index contributed by atoms with van der Waals surface area (Å²) in [5, 5.41) is 11.4. The number of hydrogen-bond donors (Lipinski definition) is 1. The van der Waals surface area contributed by atoms with Gasteiger partial charge in [-0.3, -0.25) is 34.3 Å². The lowest BCUT2D eigenvalue weighted by Gasteiger charge is -2.52. The maximum atomic E-state index is 13.1. The molecule has 0 aliphatic carbocycles. The molecule has 0 aromatic heterocycles. The van der Waals surface area contributed by atoms with Gasteiger partial charge < -0.3 is 14.5 Å². The summed E-state index contributed by atoms with van der Waals surface area (Å²) in [7, 11) is 1.48. The Hall–Kier alpha value is -3.78. The van der Waals surface area contributed by atoms with Crippen molar-refractivity contribution in [3.05, 3.63) is 57.1 Å². The number of piperidine rings is 2. The van der Waals surface area contributed by atoms with Crippen molar-refractivity contribution in [2.24, 2.45) is 5.41 Å². The number of nitro groups is 1. The van der Waals surface area contributed by atoms with Crippen molar-refractivity contribution in [1.29, 1.82) is 0 Å². The minimum absolute atomic E-state index is 0.00835. The Morgan fingerprint density at radius 2 is 1.68 bits per heavy atom. The van der Waals surface area contributed by atoms with Gasteiger partial charge in [-0.1, -0.05) is 5.64 Å². The lowest BCUT2D eigenvalue weighted by molar-refractivity contribution is -0.385. The maximum Gasteiger partial charge on any atom is 0.311 e. The van der Waals surface area contributed by atoms with Gasteiger partial charge in [-0.2, -0.15) is 0 Å². The topological polar surface area (TPSA) is 130 Å². The lowest BCUT2D eigenvalue weighted by atomic mass is 9.70. The average Bonchev–Trinajstić information content (AvgIpc) is 3.27. The van der Waals surface area contributed by atoms with E-state index in [0.717, 1.165) is 69.0 Å². The molecule has 44 heavy (non-hydrogen) atoms. The Labute approximate surface area is 255 Å². The molecule has 0 bridgehead atoms. The Kier molecular flexibility index (Phi) is 7.43. The van der Waals surface area contributed by atoms with Crippen LogP contribution in [0.15, 0.2) is 30.3 Å². The fraction of sp³-hybridized carbons (Fsp3) is 0.548. The van der Waals surface area contributed by atoms with Crippen molar-refractivity contribution in [1.82, 2.24) is 15.4 Å². The third kappa shape index (κ3) is 4.97. The van der Waals surface area contributed by atoms with E-state index < -0.39 is 6.23 Å². The van der Waals surface area contributed by atoms with E-state index in [1.807, 2.05) is 25.1 Å². The molecule has 1 N–H and O–H groups in total. The Morgan fingerprint density at radius 1 is 0.977 bits per heavy atom. The Balaban J connectivity index is 0.921. The predicted octanol–water partition coefficient (Wildman–Crippen LogP) is 3.26. The first-order chi connectivity index (χ1) is 21.3. The molecule has 234 valence electrons. The number of benzene rings is 2. The second kappa shape index (κ2) is 11.3. The summed E-state index contributed by atoms with van der Waals surface area (Å²) in [4.78, 5) is 55.7. The summed E-state index contributed by atoms with van der Waals surface area (Å²) in [5.41, 5.74) is 6.41. The van der Waals surface area contributed by atoms with E-state index >= 15 is 0 Å². The molecule has 2 aromatic carbocycles. The van der Waals surface area contributed by atoms with E-state index in [-0.39, 0.29) is 22.4 Å². The first-order valence-electron chi connectivity index (χ1n) is 15.4. The summed E-state index contributed by atoms with van der Waals surface area (Å²) in [6.07, 6.45) is 4.32. The molecule has 5 aliphatic heterocycles. The van der Waals surface area contributed by atoms with Gasteiger partial charge in [0, 0.05) is 62.1 Å². The first kappa shape index (κ1) is 29.0. The minimum Gasteiger partial charge on any atom is -0.490 e. The van der Waals surface area contributed by atoms with Gasteiger partial charge in [0.05, 0.1) is 29.8 Å². The van der Waals surface area contributed by atoms with Gasteiger partial charge in [-0.25, -0.2) is 4.90 Å². The monoisotopic (exact) mass is 606 g/mol. The van der Waals surface area contributed by atoms with Crippen molar-refractivity contribution in [2.45, 2.75) is 51.3 Å². The number of aryl methyl sites for hydroxylation is 1. The molecule has 0 saturated carbocycles. The molecule has 5 heterocycles. The van der Waals surface area contributed by atoms with E-state index in [4.69, 9.17) is 14.4 Å². The molecule has 1 unspecified atom stereocenters. The number of hydrogen-bond acceptors (Lipinski definition) is 11. The van der Waals surface area contributed by atoms with Crippen LogP contribution in [-0.2, 0) is 9.68 Å². The highest BCUT2D eigenvalue weighted by molar-refractivity contribution is 6.21. The molecule has 0 radical (unpaired) electrons. The predicted molar refractivity (Wildman–Crippen MR) is 161 cm³/mol. The van der Waals surface area contributed by atoms with Gasteiger partial charge in [0.2, 0.25) is 0 Å². The van der Waals surface area contributed by atoms with Crippen LogP contribution in [0.3, 0.4) is 0 Å². The van der Waals surface area contributed by atoms with Crippen molar-refractivity contribution < 1.29 is 28.9 Å². The first-order valence-corrected chi connectivity index (χ1v) is 15.4. The second-order valence-corrected chi connectivity index (χ2v) is 12.7. The van der Waals surface area contributed by atoms with Gasteiger partial charge >= 0.3 is 5.69 Å². The van der Waals surface area contributed by atoms with E-state index in [0.29, 0.717) is 41.4 Å². The maximum absolute atomic E-state index is 13.1. The summed E-state index contributed by atoms with van der Waals surface area (Å²) in [5.74, 6) is -0.349. The number of likely N-dealkylation sites (tertiary alicyclic amines) is 1. The smallest absolute Gasteiger partial charge is 0.311 e. The van der Waals surface area contributed by atoms with Gasteiger partial charge in [0.15, 0.2) is 12.0 Å². The number of nitro benzene ring substituents is 1. The van der Waals surface area contributed by atoms with Gasteiger partial charge in [-0.15, -0.1) is 0 Å². The molecular formula is C31H38N6O7. The van der Waals surface area contributed by atoms with Crippen LogP contribution >= 0.6 is 0 Å². The number of nitrogens with zero attached hydrogens (tertiary/aromatic N) is 5. The molecule has 1 spiro atoms. The summed E-state index contributed by atoms with van der Waals surface area (Å²) >= 11 is 0. The highest BCUT2D eigenvalue weighted by Gasteiger charge is 2.44. The third-order valence-electron chi connectivity index (χ3n) is 10.4. The van der Waals surface area contributed by atoms with Crippen LogP contribution in [0.5, 0.6) is 5.75 Å². The van der Waals surface area contributed by atoms with E-state index in [2.05, 4.69) is 20.3 Å². The van der Waals surface area contributed by atoms with Crippen molar-refractivity contribution in [3.8, 4) is 5.75 Å². The third-order valence-corrected chi connectivity index (χ3v) is 10.4. The number of nitrogens with one attached hydrogen (secondary N) is 1. The number of amides is 2. The van der Waals surface area contributed by atoms with Gasteiger partial charge in [0.25, 0.3) is 11.8 Å². The number of carbonyl (C=O) groups excluding carboxylic acids is 2. The van der Waals surface area contributed by atoms with Gasteiger partial charge in [-0.05, 0) is 74.9 Å². The number of ether oxygens (including phenoxy) is 1. The lowest BCUT2D eigenvalue weighted by Crippen LogP contribution is -2.62. The normalized spacial score (nSPS) is 24.0. The summed E-state index contributed by atoms with van der Waals surface area (Å²) in [6.45, 7) is 8.12. The van der Waals surface area contributed by atoms with Crippen LogP contribution in [0.25, 0.3) is 0 Å². The average molecular weight is 607 g/mol. The molecule has 13 nitrogen and oxygen atoms in total. The molecule has 7 rings (SSSR count). The fourth-order valence-electron chi connectivity index (χ4n) is 7.53. The number of imide groups is 1. The summed E-state index contributed by atoms with van der Waals surface area (Å²) in [6, 6.07) is 9.46. The second-order valence-electron chi connectivity index (χ2n) is 12.7. The molecular weight excluding hydrogens is 568 g/mol. The van der Waals surface area contributed by atoms with Crippen molar-refractivity contribution in [3.63, 3.8) is 0 Å². The highest BCUT2D eigenvalue weighted by atomic mass is 16.9. The zero-order chi connectivity index (χ0) is 30.6. The molecule has 13 heteroatoms. The highest BCUT2D eigenvalue weighted by Crippen LogP contribution is 2.45. The zero-order valence-corrected chi connectivity index (χ0v) is 25.1. The van der Waals surface area contributed by atoms with E-state index in [1.54, 1.807) is 12.1 Å². The quantitative estimate of drug-likeness (QED) is 0.295. The minimum atomic E-state index is -0.683. The van der Waals surface area contributed by atoms with Crippen LogP contribution in [0.1, 0.15) is 58.4 Å². The summed E-state index contributed by atoms with van der Waals surface area (Å²) < 4.78 is 5.33. The van der Waals surface area contributed by atoms with Crippen LogP contribution in [0.4, 0.5) is 17.1 Å². The molecule has 1 atom stereocenters. The molecule has 2 aromatic rings. The number of rotatable bonds is 6.